The molecular weight excluding hydrogens is 508 g/mol. The molecule has 5 atom stereocenters. The van der Waals surface area contributed by atoms with Gasteiger partial charge in [-0.3, -0.25) is 20.2 Å². The standard InChI is InChI=1S/C24H25BrN2O7/c1-4-32-22(28)19-18-16-12-13(3)6-11-17(16)34-21(23(29)33-5-2)24(18,27(30)31)20(26-19)14-7-9-15(25)10-8-14/h6-12,18-21,26H,4-5H2,1-3H3/t18-,19+,20+,21-,24+/m1/s1. The van der Waals surface area contributed by atoms with Crippen LogP contribution >= 0.6 is 15.9 Å². The number of carbonyl (C=O) groups is 2. The first-order valence-electron chi connectivity index (χ1n) is 11.0. The molecule has 0 saturated carbocycles. The summed E-state index contributed by atoms with van der Waals surface area (Å²) < 4.78 is 17.3. The van der Waals surface area contributed by atoms with Crippen molar-refractivity contribution in [1.82, 2.24) is 5.32 Å². The molecule has 4 rings (SSSR count). The molecule has 0 amide bonds. The highest BCUT2D eigenvalue weighted by atomic mass is 79.9. The highest BCUT2D eigenvalue weighted by Gasteiger charge is 2.76. The van der Waals surface area contributed by atoms with Gasteiger partial charge in [-0.1, -0.05) is 45.8 Å². The lowest BCUT2D eigenvalue weighted by atomic mass is 9.68. The zero-order valence-corrected chi connectivity index (χ0v) is 20.5. The number of rotatable bonds is 6. The number of ether oxygens (including phenoxy) is 3. The lowest BCUT2D eigenvalue weighted by molar-refractivity contribution is -0.586. The van der Waals surface area contributed by atoms with Crippen LogP contribution in [0.3, 0.4) is 0 Å². The summed E-state index contributed by atoms with van der Waals surface area (Å²) in [4.78, 5) is 38.8. The molecule has 0 spiro atoms. The summed E-state index contributed by atoms with van der Waals surface area (Å²) in [6, 6.07) is 10.0. The molecule has 0 bridgehead atoms. The second kappa shape index (κ2) is 9.34. The van der Waals surface area contributed by atoms with E-state index in [1.165, 1.54) is 0 Å². The molecule has 1 saturated heterocycles. The minimum absolute atomic E-state index is 0.0234. The molecule has 1 fully saturated rings. The van der Waals surface area contributed by atoms with Gasteiger partial charge in [0, 0.05) is 15.0 Å². The van der Waals surface area contributed by atoms with Gasteiger partial charge in [0.2, 0.25) is 0 Å². The molecule has 10 heteroatoms. The van der Waals surface area contributed by atoms with Crippen LogP contribution in [0.4, 0.5) is 0 Å². The van der Waals surface area contributed by atoms with Gasteiger partial charge in [-0.2, -0.15) is 0 Å². The predicted octanol–water partition coefficient (Wildman–Crippen LogP) is 3.46. The van der Waals surface area contributed by atoms with Gasteiger partial charge in [-0.25, -0.2) is 4.79 Å². The van der Waals surface area contributed by atoms with Gasteiger partial charge in [0.05, 0.1) is 19.1 Å². The van der Waals surface area contributed by atoms with Gasteiger partial charge in [-0.05, 0) is 44.5 Å². The van der Waals surface area contributed by atoms with Crippen LogP contribution in [0.15, 0.2) is 46.9 Å². The summed E-state index contributed by atoms with van der Waals surface area (Å²) >= 11 is 3.38. The molecule has 2 aliphatic heterocycles. The van der Waals surface area contributed by atoms with Gasteiger partial charge in [-0.15, -0.1) is 0 Å². The maximum atomic E-state index is 13.2. The average Bonchev–Trinajstić information content (AvgIpc) is 3.17. The summed E-state index contributed by atoms with van der Waals surface area (Å²) in [5.74, 6) is -2.23. The maximum Gasteiger partial charge on any atom is 0.355 e. The first-order valence-corrected chi connectivity index (χ1v) is 11.8. The fourth-order valence-electron chi connectivity index (χ4n) is 5.06. The Kier molecular flexibility index (Phi) is 6.64. The van der Waals surface area contributed by atoms with Crippen LogP contribution in [0.1, 0.15) is 42.5 Å². The Morgan fingerprint density at radius 2 is 1.76 bits per heavy atom. The first kappa shape index (κ1) is 24.2. The van der Waals surface area contributed by atoms with Gasteiger partial charge < -0.3 is 14.2 Å². The number of hydrogen-bond donors (Lipinski definition) is 1. The van der Waals surface area contributed by atoms with E-state index in [2.05, 4.69) is 21.2 Å². The second-order valence-corrected chi connectivity index (χ2v) is 9.21. The number of carbonyl (C=O) groups excluding carboxylic acids is 2. The summed E-state index contributed by atoms with van der Waals surface area (Å²) in [5, 5.41) is 16.2. The Hall–Kier alpha value is -2.98. The van der Waals surface area contributed by atoms with Crippen molar-refractivity contribution in [1.29, 1.82) is 0 Å². The lowest BCUT2D eigenvalue weighted by Gasteiger charge is -2.41. The van der Waals surface area contributed by atoms with Crippen molar-refractivity contribution < 1.29 is 28.7 Å². The smallest absolute Gasteiger partial charge is 0.355 e. The molecule has 9 nitrogen and oxygen atoms in total. The van der Waals surface area contributed by atoms with E-state index in [9.17, 15) is 19.7 Å². The molecule has 2 aromatic carbocycles. The van der Waals surface area contributed by atoms with Crippen molar-refractivity contribution in [2.75, 3.05) is 13.2 Å². The Labute approximate surface area is 205 Å². The summed E-state index contributed by atoms with van der Waals surface area (Å²) in [6.07, 6.45) is -1.59. The Morgan fingerprint density at radius 1 is 1.12 bits per heavy atom. The van der Waals surface area contributed by atoms with E-state index in [4.69, 9.17) is 14.2 Å². The van der Waals surface area contributed by atoms with Crippen LogP contribution in [0, 0.1) is 17.0 Å². The molecule has 0 aromatic heterocycles. The molecule has 2 heterocycles. The fraction of sp³-hybridized carbons (Fsp3) is 0.417. The number of nitrogens with one attached hydrogen (secondary N) is 1. The zero-order chi connectivity index (χ0) is 24.6. The Bertz CT molecular complexity index is 1120. The Morgan fingerprint density at radius 3 is 2.38 bits per heavy atom. The lowest BCUT2D eigenvalue weighted by Crippen LogP contribution is -2.63. The number of benzene rings is 2. The van der Waals surface area contributed by atoms with E-state index in [0.717, 1.165) is 10.0 Å². The van der Waals surface area contributed by atoms with Gasteiger partial charge in [0.1, 0.15) is 17.8 Å². The number of halogens is 1. The monoisotopic (exact) mass is 532 g/mol. The van der Waals surface area contributed by atoms with Crippen molar-refractivity contribution in [2.45, 2.75) is 50.4 Å². The number of esters is 2. The highest BCUT2D eigenvalue weighted by Crippen LogP contribution is 2.56. The third-order valence-electron chi connectivity index (χ3n) is 6.37. The number of aryl methyl sites for hydroxylation is 1. The number of hydrogen-bond acceptors (Lipinski definition) is 8. The summed E-state index contributed by atoms with van der Waals surface area (Å²) in [6.45, 7) is 5.27. The van der Waals surface area contributed by atoms with E-state index in [0.29, 0.717) is 16.9 Å². The largest absolute Gasteiger partial charge is 0.471 e. The van der Waals surface area contributed by atoms with Crippen LogP contribution in [0.5, 0.6) is 5.75 Å². The summed E-state index contributed by atoms with van der Waals surface area (Å²) in [5.41, 5.74) is -0.227. The predicted molar refractivity (Wildman–Crippen MR) is 125 cm³/mol. The van der Waals surface area contributed by atoms with Gasteiger partial charge in [0.15, 0.2) is 0 Å². The van der Waals surface area contributed by atoms with E-state index < -0.39 is 46.5 Å². The third kappa shape index (κ3) is 3.74. The third-order valence-corrected chi connectivity index (χ3v) is 6.89. The fourth-order valence-corrected chi connectivity index (χ4v) is 5.33. The van der Waals surface area contributed by atoms with Gasteiger partial charge >= 0.3 is 11.9 Å². The normalized spacial score (nSPS) is 27.2. The highest BCUT2D eigenvalue weighted by molar-refractivity contribution is 9.10. The van der Waals surface area contributed by atoms with Gasteiger partial charge in [0.25, 0.3) is 11.6 Å². The van der Waals surface area contributed by atoms with Crippen molar-refractivity contribution >= 4 is 27.9 Å². The maximum absolute atomic E-state index is 13.2. The number of fused-ring (bicyclic) bond motifs is 3. The van der Waals surface area contributed by atoms with E-state index >= 15 is 0 Å². The summed E-state index contributed by atoms with van der Waals surface area (Å²) in [7, 11) is 0. The van der Waals surface area contributed by atoms with Crippen LogP contribution in [-0.2, 0) is 19.1 Å². The first-order chi connectivity index (χ1) is 16.2. The number of nitrogens with zero attached hydrogens (tertiary/aromatic N) is 1. The molecule has 0 aliphatic carbocycles. The van der Waals surface area contributed by atoms with Crippen molar-refractivity contribution in [2.24, 2.45) is 0 Å². The molecule has 180 valence electrons. The molecule has 2 aliphatic rings. The molecular formula is C24H25BrN2O7. The topological polar surface area (TPSA) is 117 Å². The van der Waals surface area contributed by atoms with Crippen LogP contribution in [0.25, 0.3) is 0 Å². The number of nitro groups is 1. The molecule has 0 unspecified atom stereocenters. The second-order valence-electron chi connectivity index (χ2n) is 8.29. The van der Waals surface area contributed by atoms with Crippen molar-refractivity contribution in [3.05, 3.63) is 73.7 Å². The minimum atomic E-state index is -2.07. The van der Waals surface area contributed by atoms with Crippen LogP contribution in [0.2, 0.25) is 0 Å². The van der Waals surface area contributed by atoms with Crippen LogP contribution < -0.4 is 10.1 Å². The minimum Gasteiger partial charge on any atom is -0.471 e. The average molecular weight is 533 g/mol. The van der Waals surface area contributed by atoms with E-state index in [-0.39, 0.29) is 13.2 Å². The quantitative estimate of drug-likeness (QED) is 0.341. The molecule has 2 aromatic rings. The Balaban J connectivity index is 2.02. The van der Waals surface area contributed by atoms with E-state index in [1.807, 2.05) is 6.92 Å². The van der Waals surface area contributed by atoms with Crippen molar-refractivity contribution in [3.8, 4) is 5.75 Å². The van der Waals surface area contributed by atoms with Crippen LogP contribution in [-0.4, -0.2) is 47.8 Å². The SMILES string of the molecule is CCOC(=O)[C@H]1N[C@@H](c2ccc(Br)cc2)[C@]2([N+](=O)[O-])[C@@H](C(=O)OCC)Oc3ccc(C)cc3[C@H]12. The molecule has 1 N–H and O–H groups in total. The zero-order valence-electron chi connectivity index (χ0n) is 18.9. The molecule has 0 radical (unpaired) electrons. The van der Waals surface area contributed by atoms with E-state index in [1.54, 1.807) is 56.3 Å². The van der Waals surface area contributed by atoms with Crippen molar-refractivity contribution in [3.63, 3.8) is 0 Å². The molecule has 34 heavy (non-hydrogen) atoms.